The number of amides is 1. The lowest BCUT2D eigenvalue weighted by atomic mass is 10.1. The molecule has 0 saturated carbocycles. The molecule has 0 radical (unpaired) electrons. The van der Waals surface area contributed by atoms with Crippen molar-refractivity contribution in [3.63, 3.8) is 0 Å². The Morgan fingerprint density at radius 1 is 0.920 bits per heavy atom. The topological polar surface area (TPSA) is 63.2 Å². The first-order valence-electron chi connectivity index (χ1n) is 6.32. The standard InChI is InChI=1S/C14H7F6NO3S/c15-9-5-8(10(16)12(18)11(9)17)13(22)21-6-1-3-7(4-2-6)25(23,24)14(19)20/h1-5,14H,(H,21,22). The van der Waals surface area contributed by atoms with E-state index in [4.69, 9.17) is 0 Å². The van der Waals surface area contributed by atoms with Gasteiger partial charge in [0.2, 0.25) is 9.84 Å². The van der Waals surface area contributed by atoms with Gasteiger partial charge in [0.25, 0.3) is 5.91 Å². The van der Waals surface area contributed by atoms with Gasteiger partial charge in [-0.3, -0.25) is 4.79 Å². The second-order valence-corrected chi connectivity index (χ2v) is 6.55. The zero-order valence-corrected chi connectivity index (χ0v) is 12.7. The molecule has 0 aliphatic rings. The number of anilines is 1. The van der Waals surface area contributed by atoms with Crippen molar-refractivity contribution in [2.75, 3.05) is 5.32 Å². The minimum Gasteiger partial charge on any atom is -0.322 e. The average molecular weight is 383 g/mol. The average Bonchev–Trinajstić information content (AvgIpc) is 2.56. The molecule has 11 heteroatoms. The fourth-order valence-electron chi connectivity index (χ4n) is 1.77. The van der Waals surface area contributed by atoms with Crippen molar-refractivity contribution >= 4 is 21.4 Å². The molecule has 2 aromatic carbocycles. The molecule has 25 heavy (non-hydrogen) atoms. The number of hydrogen-bond acceptors (Lipinski definition) is 3. The maximum atomic E-state index is 13.5. The minimum atomic E-state index is -4.84. The number of alkyl halides is 2. The van der Waals surface area contributed by atoms with Gasteiger partial charge in [-0.2, -0.15) is 8.78 Å². The number of carbonyl (C=O) groups is 1. The summed E-state index contributed by atoms with van der Waals surface area (Å²) in [5, 5.41) is 1.96. The summed E-state index contributed by atoms with van der Waals surface area (Å²) in [7, 11) is -4.84. The summed E-state index contributed by atoms with van der Waals surface area (Å²) < 4.78 is 99.8. The molecule has 1 N–H and O–H groups in total. The van der Waals surface area contributed by atoms with Crippen LogP contribution in [0.4, 0.5) is 32.0 Å². The van der Waals surface area contributed by atoms with Crippen LogP contribution in [0.1, 0.15) is 10.4 Å². The molecular formula is C14H7F6NO3S. The van der Waals surface area contributed by atoms with Gasteiger partial charge in [-0.05, 0) is 30.3 Å². The molecule has 0 spiro atoms. The Bertz CT molecular complexity index is 929. The Morgan fingerprint density at radius 3 is 2.00 bits per heavy atom. The van der Waals surface area contributed by atoms with Gasteiger partial charge in [0, 0.05) is 5.69 Å². The van der Waals surface area contributed by atoms with Gasteiger partial charge in [-0.1, -0.05) is 0 Å². The van der Waals surface area contributed by atoms with Crippen molar-refractivity contribution in [2.24, 2.45) is 0 Å². The van der Waals surface area contributed by atoms with Gasteiger partial charge in [0.15, 0.2) is 23.3 Å². The molecule has 0 heterocycles. The third kappa shape index (κ3) is 3.60. The molecule has 0 unspecified atom stereocenters. The van der Waals surface area contributed by atoms with Gasteiger partial charge in [-0.15, -0.1) is 0 Å². The lowest BCUT2D eigenvalue weighted by Crippen LogP contribution is -2.16. The molecule has 0 atom stereocenters. The van der Waals surface area contributed by atoms with Gasteiger partial charge in [0.05, 0.1) is 10.5 Å². The highest BCUT2D eigenvalue weighted by Crippen LogP contribution is 2.22. The number of sulfone groups is 1. The molecule has 0 aliphatic heterocycles. The maximum absolute atomic E-state index is 13.5. The smallest absolute Gasteiger partial charge is 0.322 e. The van der Waals surface area contributed by atoms with Crippen LogP contribution in [0.2, 0.25) is 0 Å². The van der Waals surface area contributed by atoms with E-state index in [1.807, 2.05) is 5.32 Å². The fourth-order valence-corrected chi connectivity index (χ4v) is 2.49. The number of carbonyl (C=O) groups excluding carboxylic acids is 1. The van der Waals surface area contributed by atoms with E-state index in [0.717, 1.165) is 24.3 Å². The van der Waals surface area contributed by atoms with Gasteiger partial charge < -0.3 is 5.32 Å². The highest BCUT2D eigenvalue weighted by Gasteiger charge is 2.27. The van der Waals surface area contributed by atoms with E-state index >= 15 is 0 Å². The Labute approximate surface area is 137 Å². The van der Waals surface area contributed by atoms with Crippen LogP contribution in [0.3, 0.4) is 0 Å². The molecule has 134 valence electrons. The van der Waals surface area contributed by atoms with Gasteiger partial charge in [-0.25, -0.2) is 26.0 Å². The molecule has 2 rings (SSSR count). The van der Waals surface area contributed by atoms with Crippen LogP contribution in [0.15, 0.2) is 35.2 Å². The molecule has 2 aromatic rings. The first kappa shape index (κ1) is 18.8. The minimum absolute atomic E-state index is 0.138. The maximum Gasteiger partial charge on any atom is 0.341 e. The van der Waals surface area contributed by atoms with Crippen LogP contribution in [0, 0.1) is 23.3 Å². The van der Waals surface area contributed by atoms with Crippen molar-refractivity contribution in [3.8, 4) is 0 Å². The molecule has 4 nitrogen and oxygen atoms in total. The summed E-state index contributed by atoms with van der Waals surface area (Å²) >= 11 is 0. The van der Waals surface area contributed by atoms with Crippen molar-refractivity contribution in [2.45, 2.75) is 10.7 Å². The quantitative estimate of drug-likeness (QED) is 0.500. The van der Waals surface area contributed by atoms with E-state index in [1.54, 1.807) is 0 Å². The SMILES string of the molecule is O=C(Nc1ccc(S(=O)(=O)C(F)F)cc1)c1cc(F)c(F)c(F)c1F. The van der Waals surface area contributed by atoms with Crippen LogP contribution in [-0.2, 0) is 9.84 Å². The van der Waals surface area contributed by atoms with E-state index < -0.39 is 55.2 Å². The zero-order chi connectivity index (χ0) is 18.9. The monoisotopic (exact) mass is 383 g/mol. The predicted molar refractivity (Wildman–Crippen MR) is 73.9 cm³/mol. The number of rotatable bonds is 4. The van der Waals surface area contributed by atoms with E-state index in [1.165, 1.54) is 0 Å². The summed E-state index contributed by atoms with van der Waals surface area (Å²) in [6.07, 6.45) is 0. The van der Waals surface area contributed by atoms with E-state index in [2.05, 4.69) is 0 Å². The van der Waals surface area contributed by atoms with Crippen LogP contribution < -0.4 is 5.32 Å². The lowest BCUT2D eigenvalue weighted by Gasteiger charge is -2.09. The Balaban J connectivity index is 2.28. The van der Waals surface area contributed by atoms with Crippen LogP contribution >= 0.6 is 0 Å². The van der Waals surface area contributed by atoms with Gasteiger partial charge >= 0.3 is 5.76 Å². The third-order valence-electron chi connectivity index (χ3n) is 3.02. The van der Waals surface area contributed by atoms with Crippen molar-refractivity contribution < 1.29 is 39.6 Å². The van der Waals surface area contributed by atoms with Crippen molar-refractivity contribution in [3.05, 3.63) is 59.2 Å². The number of halogens is 6. The predicted octanol–water partition coefficient (Wildman–Crippen LogP) is 3.49. The van der Waals surface area contributed by atoms with Gasteiger partial charge in [0.1, 0.15) is 0 Å². The molecule has 0 aromatic heterocycles. The highest BCUT2D eigenvalue weighted by molar-refractivity contribution is 7.91. The number of hydrogen-bond donors (Lipinski definition) is 1. The molecular weight excluding hydrogens is 376 g/mol. The Kier molecular flexibility index (Phi) is 5.07. The van der Waals surface area contributed by atoms with Crippen LogP contribution in [0.5, 0.6) is 0 Å². The Hall–Kier alpha value is -2.56. The zero-order valence-electron chi connectivity index (χ0n) is 11.9. The highest BCUT2D eigenvalue weighted by atomic mass is 32.2. The van der Waals surface area contributed by atoms with E-state index in [-0.39, 0.29) is 11.8 Å². The van der Waals surface area contributed by atoms with Crippen molar-refractivity contribution in [1.29, 1.82) is 0 Å². The van der Waals surface area contributed by atoms with Crippen LogP contribution in [0.25, 0.3) is 0 Å². The second kappa shape index (κ2) is 6.75. The summed E-state index contributed by atoms with van der Waals surface area (Å²) in [4.78, 5) is 11.1. The summed E-state index contributed by atoms with van der Waals surface area (Å²) in [6.45, 7) is 0. The number of benzene rings is 2. The summed E-state index contributed by atoms with van der Waals surface area (Å²) in [5.41, 5.74) is -1.32. The van der Waals surface area contributed by atoms with Crippen molar-refractivity contribution in [1.82, 2.24) is 0 Å². The first-order valence-corrected chi connectivity index (χ1v) is 7.86. The summed E-state index contributed by atoms with van der Waals surface area (Å²) in [6, 6.07) is 3.44. The molecule has 1 amide bonds. The van der Waals surface area contributed by atoms with E-state index in [0.29, 0.717) is 0 Å². The molecule has 0 aliphatic carbocycles. The largest absolute Gasteiger partial charge is 0.341 e. The van der Waals surface area contributed by atoms with Crippen LogP contribution in [-0.4, -0.2) is 20.1 Å². The Morgan fingerprint density at radius 2 is 1.48 bits per heavy atom. The molecule has 0 fully saturated rings. The summed E-state index contributed by atoms with van der Waals surface area (Å²) in [5.74, 6) is -13.0. The molecule has 0 bridgehead atoms. The molecule has 0 saturated heterocycles. The first-order chi connectivity index (χ1) is 11.6. The number of nitrogens with one attached hydrogen (secondary N) is 1. The normalized spacial score (nSPS) is 11.6. The fraction of sp³-hybridized carbons (Fsp3) is 0.0714. The second-order valence-electron chi connectivity index (χ2n) is 4.63. The lowest BCUT2D eigenvalue weighted by molar-refractivity contribution is 0.102. The van der Waals surface area contributed by atoms with E-state index in [9.17, 15) is 39.6 Å². The third-order valence-corrected chi connectivity index (χ3v) is 4.42.